The number of carboxylic acid groups (broad SMARTS) is 1. The zero-order valence-electron chi connectivity index (χ0n) is 12.4. The van der Waals surface area contributed by atoms with Crippen molar-refractivity contribution in [1.82, 2.24) is 10.2 Å². The molecule has 2 saturated heterocycles. The second kappa shape index (κ2) is 5.45. The van der Waals surface area contributed by atoms with E-state index >= 15 is 0 Å². The van der Waals surface area contributed by atoms with E-state index in [1.54, 1.807) is 0 Å². The Morgan fingerprint density at radius 1 is 1.39 bits per heavy atom. The normalized spacial score (nSPS) is 26.2. The van der Waals surface area contributed by atoms with Gasteiger partial charge in [-0.2, -0.15) is 0 Å². The highest BCUT2D eigenvalue weighted by molar-refractivity contribution is 5.96. The van der Waals surface area contributed by atoms with Crippen molar-refractivity contribution >= 4 is 11.9 Å². The van der Waals surface area contributed by atoms with E-state index in [4.69, 9.17) is 4.74 Å². The van der Waals surface area contributed by atoms with E-state index in [1.165, 1.54) is 12.0 Å². The largest absolute Gasteiger partial charge is 0.497 e. The van der Waals surface area contributed by atoms with Crippen molar-refractivity contribution in [3.63, 3.8) is 0 Å². The van der Waals surface area contributed by atoms with Gasteiger partial charge in [-0.1, -0.05) is 0 Å². The van der Waals surface area contributed by atoms with Crippen molar-refractivity contribution < 1.29 is 28.2 Å². The van der Waals surface area contributed by atoms with Gasteiger partial charge in [-0.3, -0.25) is 9.59 Å². The molecule has 0 aromatic heterocycles. The summed E-state index contributed by atoms with van der Waals surface area (Å²) in [5.74, 6) is -4.18. The average molecular weight is 326 g/mol. The number of ether oxygens (including phenoxy) is 1. The molecule has 0 aliphatic carbocycles. The number of fused-ring (bicyclic) bond motifs is 1. The van der Waals surface area contributed by atoms with Crippen LogP contribution < -0.4 is 10.1 Å². The van der Waals surface area contributed by atoms with Gasteiger partial charge in [-0.25, -0.2) is 8.78 Å². The summed E-state index contributed by atoms with van der Waals surface area (Å²) in [5, 5.41) is 12.5. The summed E-state index contributed by atoms with van der Waals surface area (Å²) in [7, 11) is 1.26. The first-order chi connectivity index (χ1) is 10.9. The third-order valence-corrected chi connectivity index (χ3v) is 4.70. The lowest BCUT2D eigenvalue weighted by molar-refractivity contribution is -0.148. The number of likely N-dealkylation sites (tertiary alicyclic amines) is 1. The molecule has 0 saturated carbocycles. The number of carboxylic acids is 1. The van der Waals surface area contributed by atoms with Crippen LogP contribution in [-0.2, 0) is 4.79 Å². The van der Waals surface area contributed by atoms with Crippen LogP contribution >= 0.6 is 0 Å². The fraction of sp³-hybridized carbons (Fsp3) is 0.467. The number of rotatable bonds is 3. The van der Waals surface area contributed by atoms with Gasteiger partial charge < -0.3 is 20.1 Å². The van der Waals surface area contributed by atoms with E-state index < -0.39 is 34.5 Å². The SMILES string of the molecule is COc1cc(F)c(C(=O)N2C[C@H]3CNC[C@@]3(C(=O)O)C2)c(F)c1. The molecule has 23 heavy (non-hydrogen) atoms. The summed E-state index contributed by atoms with van der Waals surface area (Å²) in [6.45, 7) is 0.792. The van der Waals surface area contributed by atoms with Gasteiger partial charge in [0.15, 0.2) is 0 Å². The number of aliphatic carboxylic acids is 1. The van der Waals surface area contributed by atoms with Crippen molar-refractivity contribution in [3.8, 4) is 5.75 Å². The zero-order chi connectivity index (χ0) is 16.8. The molecule has 0 bridgehead atoms. The minimum Gasteiger partial charge on any atom is -0.497 e. The Kier molecular flexibility index (Phi) is 3.71. The molecule has 3 rings (SSSR count). The monoisotopic (exact) mass is 326 g/mol. The number of benzene rings is 1. The van der Waals surface area contributed by atoms with Crippen molar-refractivity contribution in [2.24, 2.45) is 11.3 Å². The van der Waals surface area contributed by atoms with Crippen LogP contribution in [0.3, 0.4) is 0 Å². The van der Waals surface area contributed by atoms with Crippen LogP contribution in [0.15, 0.2) is 12.1 Å². The lowest BCUT2D eigenvalue weighted by atomic mass is 9.81. The molecule has 6 nitrogen and oxygen atoms in total. The highest BCUT2D eigenvalue weighted by atomic mass is 19.1. The summed E-state index contributed by atoms with van der Waals surface area (Å²) in [4.78, 5) is 25.3. The molecule has 0 unspecified atom stereocenters. The number of carbonyl (C=O) groups excluding carboxylic acids is 1. The van der Waals surface area contributed by atoms with Gasteiger partial charge in [-0.05, 0) is 0 Å². The number of hydrogen-bond acceptors (Lipinski definition) is 4. The van der Waals surface area contributed by atoms with Gasteiger partial charge in [-0.15, -0.1) is 0 Å². The van der Waals surface area contributed by atoms with E-state index in [2.05, 4.69) is 5.32 Å². The van der Waals surface area contributed by atoms with Crippen LogP contribution in [0.1, 0.15) is 10.4 Å². The first kappa shape index (κ1) is 15.7. The second-order valence-electron chi connectivity index (χ2n) is 5.94. The number of methoxy groups -OCH3 is 1. The number of nitrogens with one attached hydrogen (secondary N) is 1. The van der Waals surface area contributed by atoms with Gasteiger partial charge in [0.2, 0.25) is 0 Å². The molecular formula is C15H16F2N2O4. The molecule has 1 aromatic carbocycles. The van der Waals surface area contributed by atoms with E-state index in [1.807, 2.05) is 0 Å². The lowest BCUT2D eigenvalue weighted by Gasteiger charge is -2.23. The van der Waals surface area contributed by atoms with Gasteiger partial charge in [0, 0.05) is 44.2 Å². The Morgan fingerprint density at radius 2 is 2.04 bits per heavy atom. The number of carbonyl (C=O) groups is 2. The Hall–Kier alpha value is -2.22. The molecule has 1 aromatic rings. The van der Waals surface area contributed by atoms with Crippen molar-refractivity contribution in [2.75, 3.05) is 33.3 Å². The maximum absolute atomic E-state index is 14.0. The number of hydrogen-bond donors (Lipinski definition) is 2. The van der Waals surface area contributed by atoms with E-state index in [9.17, 15) is 23.5 Å². The van der Waals surface area contributed by atoms with Gasteiger partial charge >= 0.3 is 5.97 Å². The minimum atomic E-state index is -1.09. The Labute approximate surface area is 131 Å². The molecule has 0 spiro atoms. The van der Waals surface area contributed by atoms with Gasteiger partial charge in [0.1, 0.15) is 28.4 Å². The summed E-state index contributed by atoms with van der Waals surface area (Å²) < 4.78 is 32.9. The van der Waals surface area contributed by atoms with Crippen LogP contribution in [0.2, 0.25) is 0 Å². The molecule has 2 atom stereocenters. The van der Waals surface area contributed by atoms with E-state index in [0.717, 1.165) is 12.1 Å². The van der Waals surface area contributed by atoms with Gasteiger partial charge in [0.05, 0.1) is 7.11 Å². The predicted octanol–water partition coefficient (Wildman–Crippen LogP) is 0.720. The number of amides is 1. The molecule has 8 heteroatoms. The zero-order valence-corrected chi connectivity index (χ0v) is 12.4. The third kappa shape index (κ3) is 2.33. The number of nitrogens with zero attached hydrogens (tertiary/aromatic N) is 1. The third-order valence-electron chi connectivity index (χ3n) is 4.70. The van der Waals surface area contributed by atoms with E-state index in [0.29, 0.717) is 6.54 Å². The summed E-state index contributed by atoms with van der Waals surface area (Å²) in [6, 6.07) is 1.86. The molecule has 124 valence electrons. The predicted molar refractivity (Wildman–Crippen MR) is 75.2 cm³/mol. The molecule has 0 radical (unpaired) electrons. The highest BCUT2D eigenvalue weighted by Crippen LogP contribution is 2.40. The van der Waals surface area contributed by atoms with E-state index in [-0.39, 0.29) is 31.3 Å². The second-order valence-corrected chi connectivity index (χ2v) is 5.94. The maximum Gasteiger partial charge on any atom is 0.313 e. The fourth-order valence-corrected chi connectivity index (χ4v) is 3.41. The lowest BCUT2D eigenvalue weighted by Crippen LogP contribution is -2.41. The minimum absolute atomic E-state index is 0.0268. The van der Waals surface area contributed by atoms with Crippen LogP contribution in [0.5, 0.6) is 5.75 Å². The molecular weight excluding hydrogens is 310 g/mol. The van der Waals surface area contributed by atoms with Crippen molar-refractivity contribution in [1.29, 1.82) is 0 Å². The van der Waals surface area contributed by atoms with Crippen LogP contribution in [0.25, 0.3) is 0 Å². The molecule has 2 aliphatic heterocycles. The average Bonchev–Trinajstić information content (AvgIpc) is 3.03. The molecule has 1 amide bonds. The van der Waals surface area contributed by atoms with Crippen molar-refractivity contribution in [2.45, 2.75) is 0 Å². The molecule has 2 aliphatic rings. The first-order valence-electron chi connectivity index (χ1n) is 7.15. The Balaban J connectivity index is 1.90. The topological polar surface area (TPSA) is 78.9 Å². The number of halogens is 2. The van der Waals surface area contributed by atoms with Crippen molar-refractivity contribution in [3.05, 3.63) is 29.3 Å². The summed E-state index contributed by atoms with van der Waals surface area (Å²) in [6.07, 6.45) is 0. The smallest absolute Gasteiger partial charge is 0.313 e. The molecule has 2 fully saturated rings. The maximum atomic E-state index is 14.0. The van der Waals surface area contributed by atoms with Crippen LogP contribution in [0.4, 0.5) is 8.78 Å². The summed E-state index contributed by atoms with van der Waals surface area (Å²) in [5.41, 5.74) is -1.77. The quantitative estimate of drug-likeness (QED) is 0.856. The van der Waals surface area contributed by atoms with Crippen LogP contribution in [0, 0.1) is 23.0 Å². The highest BCUT2D eigenvalue weighted by Gasteiger charge is 2.56. The van der Waals surface area contributed by atoms with Gasteiger partial charge in [0.25, 0.3) is 5.91 Å². The molecule has 2 heterocycles. The summed E-state index contributed by atoms with van der Waals surface area (Å²) >= 11 is 0. The first-order valence-corrected chi connectivity index (χ1v) is 7.15. The Bertz CT molecular complexity index is 658. The van der Waals surface area contributed by atoms with Crippen LogP contribution in [-0.4, -0.2) is 55.2 Å². The fourth-order valence-electron chi connectivity index (χ4n) is 3.41. The molecule has 2 N–H and O–H groups in total. The standard InChI is InChI=1S/C15H16F2N2O4/c1-23-9-2-10(16)12(11(17)3-9)13(20)19-5-8-4-18-6-15(8,7-19)14(21)22/h2-3,8,18H,4-7H2,1H3,(H,21,22)/t8-,15-/m1/s1. The Morgan fingerprint density at radius 3 is 2.57 bits per heavy atom.